The molecule has 2 fully saturated rings. The first-order valence-corrected chi connectivity index (χ1v) is 7.04. The highest BCUT2D eigenvalue weighted by atomic mass is 16.3. The molecular weight excluding hydrogens is 196 g/mol. The molecule has 2 saturated carbocycles. The first kappa shape index (κ1) is 12.4. The average molecular weight is 224 g/mol. The van der Waals surface area contributed by atoms with Crippen molar-refractivity contribution in [2.24, 2.45) is 23.2 Å². The van der Waals surface area contributed by atoms with Gasteiger partial charge < -0.3 is 5.11 Å². The van der Waals surface area contributed by atoms with Gasteiger partial charge in [0.05, 0.1) is 5.60 Å². The molecule has 4 unspecified atom stereocenters. The van der Waals surface area contributed by atoms with E-state index in [1.807, 2.05) is 6.92 Å². The van der Waals surface area contributed by atoms with Crippen LogP contribution in [-0.4, -0.2) is 10.7 Å². The molecule has 1 nitrogen and oxygen atoms in total. The zero-order valence-electron chi connectivity index (χ0n) is 11.4. The van der Waals surface area contributed by atoms with Gasteiger partial charge in [0.1, 0.15) is 0 Å². The minimum atomic E-state index is -0.402. The lowest BCUT2D eigenvalue weighted by molar-refractivity contribution is -0.0577. The number of hydrogen-bond acceptors (Lipinski definition) is 1. The Labute approximate surface area is 101 Å². The van der Waals surface area contributed by atoms with E-state index in [2.05, 4.69) is 20.8 Å². The van der Waals surface area contributed by atoms with Crippen LogP contribution in [0, 0.1) is 23.2 Å². The number of fused-ring (bicyclic) bond motifs is 1. The third-order valence-electron chi connectivity index (χ3n) is 5.38. The van der Waals surface area contributed by atoms with E-state index in [-0.39, 0.29) is 0 Å². The number of hydrogen-bond donors (Lipinski definition) is 1. The molecule has 2 aliphatic carbocycles. The quantitative estimate of drug-likeness (QED) is 0.659. The Morgan fingerprint density at radius 1 is 1.06 bits per heavy atom. The molecule has 0 saturated heterocycles. The summed E-state index contributed by atoms with van der Waals surface area (Å²) in [6.45, 7) is 9.28. The summed E-state index contributed by atoms with van der Waals surface area (Å²) in [5.74, 6) is 2.66. The summed E-state index contributed by atoms with van der Waals surface area (Å²) < 4.78 is 0. The van der Waals surface area contributed by atoms with Gasteiger partial charge in [0.25, 0.3) is 0 Å². The Balaban J connectivity index is 2.08. The summed E-state index contributed by atoms with van der Waals surface area (Å²) in [4.78, 5) is 0. The topological polar surface area (TPSA) is 20.2 Å². The molecule has 0 radical (unpaired) electrons. The highest BCUT2D eigenvalue weighted by molar-refractivity contribution is 4.99. The molecule has 1 heteroatoms. The molecule has 16 heavy (non-hydrogen) atoms. The molecule has 0 heterocycles. The fraction of sp³-hybridized carbons (Fsp3) is 1.00. The monoisotopic (exact) mass is 224 g/mol. The van der Waals surface area contributed by atoms with Gasteiger partial charge in [0, 0.05) is 0 Å². The predicted molar refractivity (Wildman–Crippen MR) is 68.3 cm³/mol. The van der Waals surface area contributed by atoms with Gasteiger partial charge >= 0.3 is 0 Å². The third-order valence-corrected chi connectivity index (χ3v) is 5.38. The molecule has 0 aromatic carbocycles. The van der Waals surface area contributed by atoms with E-state index >= 15 is 0 Å². The van der Waals surface area contributed by atoms with Crippen molar-refractivity contribution in [2.75, 3.05) is 0 Å². The Morgan fingerprint density at radius 3 is 2.38 bits per heavy atom. The van der Waals surface area contributed by atoms with E-state index in [4.69, 9.17) is 0 Å². The Hall–Kier alpha value is -0.0400. The highest BCUT2D eigenvalue weighted by Gasteiger charge is 2.49. The van der Waals surface area contributed by atoms with Gasteiger partial charge in [-0.05, 0) is 55.8 Å². The van der Waals surface area contributed by atoms with Gasteiger partial charge in [0.15, 0.2) is 0 Å². The fourth-order valence-electron chi connectivity index (χ4n) is 4.13. The van der Waals surface area contributed by atoms with Crippen LogP contribution in [0.2, 0.25) is 0 Å². The van der Waals surface area contributed by atoms with Crippen molar-refractivity contribution in [2.45, 2.75) is 71.8 Å². The first-order valence-electron chi connectivity index (χ1n) is 7.04. The van der Waals surface area contributed by atoms with E-state index in [0.29, 0.717) is 5.41 Å². The smallest absolute Gasteiger partial charge is 0.0619 e. The van der Waals surface area contributed by atoms with Crippen LogP contribution < -0.4 is 0 Å². The van der Waals surface area contributed by atoms with Crippen molar-refractivity contribution in [1.29, 1.82) is 0 Å². The van der Waals surface area contributed by atoms with E-state index in [9.17, 15) is 5.11 Å². The second-order valence-electron chi connectivity index (χ2n) is 7.37. The number of aliphatic hydroxyl groups is 1. The normalized spacial score (nSPS) is 48.2. The maximum Gasteiger partial charge on any atom is 0.0619 e. The standard InChI is InChI=1S/C15H28O/c1-11-6-5-8-15(4,16)9-7-13-12(11)10-14(13,2)3/h11-13,16H,5-10H2,1-4H3. The van der Waals surface area contributed by atoms with E-state index in [0.717, 1.165) is 30.6 Å². The van der Waals surface area contributed by atoms with Crippen LogP contribution in [0.25, 0.3) is 0 Å². The predicted octanol–water partition coefficient (Wildman–Crippen LogP) is 4.00. The van der Waals surface area contributed by atoms with Crippen molar-refractivity contribution < 1.29 is 5.11 Å². The second kappa shape index (κ2) is 4.01. The Bertz CT molecular complexity index is 252. The molecule has 0 aromatic rings. The van der Waals surface area contributed by atoms with E-state index in [1.54, 1.807) is 0 Å². The highest BCUT2D eigenvalue weighted by Crippen LogP contribution is 2.57. The van der Waals surface area contributed by atoms with Gasteiger partial charge in [-0.15, -0.1) is 0 Å². The molecule has 0 aliphatic heterocycles. The maximum atomic E-state index is 10.3. The summed E-state index contributed by atoms with van der Waals surface area (Å²) in [6, 6.07) is 0. The molecule has 2 rings (SSSR count). The van der Waals surface area contributed by atoms with Gasteiger partial charge in [-0.25, -0.2) is 0 Å². The minimum Gasteiger partial charge on any atom is -0.390 e. The largest absolute Gasteiger partial charge is 0.390 e. The summed E-state index contributed by atoms with van der Waals surface area (Å²) in [7, 11) is 0. The molecule has 0 bridgehead atoms. The fourth-order valence-corrected chi connectivity index (χ4v) is 4.13. The van der Waals surface area contributed by atoms with Gasteiger partial charge in [-0.2, -0.15) is 0 Å². The zero-order chi connectivity index (χ0) is 12.0. The Kier molecular flexibility index (Phi) is 3.11. The Morgan fingerprint density at radius 2 is 1.75 bits per heavy atom. The van der Waals surface area contributed by atoms with Crippen molar-refractivity contribution in [3.8, 4) is 0 Å². The molecule has 1 N–H and O–H groups in total. The molecule has 0 spiro atoms. The van der Waals surface area contributed by atoms with Gasteiger partial charge in [-0.1, -0.05) is 33.6 Å². The SMILES string of the molecule is CC1CCCC(C)(O)CCC2C1CC2(C)C. The van der Waals surface area contributed by atoms with Crippen LogP contribution in [-0.2, 0) is 0 Å². The molecule has 4 atom stereocenters. The van der Waals surface area contributed by atoms with Gasteiger partial charge in [-0.3, -0.25) is 0 Å². The van der Waals surface area contributed by atoms with Crippen molar-refractivity contribution >= 4 is 0 Å². The van der Waals surface area contributed by atoms with Crippen LogP contribution in [0.5, 0.6) is 0 Å². The van der Waals surface area contributed by atoms with Crippen LogP contribution in [0.4, 0.5) is 0 Å². The third kappa shape index (κ3) is 2.30. The van der Waals surface area contributed by atoms with Crippen LogP contribution in [0.15, 0.2) is 0 Å². The summed E-state index contributed by atoms with van der Waals surface area (Å²) >= 11 is 0. The summed E-state index contributed by atoms with van der Waals surface area (Å²) in [6.07, 6.45) is 7.16. The first-order chi connectivity index (χ1) is 7.32. The average Bonchev–Trinajstić information content (AvgIpc) is 2.16. The van der Waals surface area contributed by atoms with Gasteiger partial charge in [0.2, 0.25) is 0 Å². The van der Waals surface area contributed by atoms with Crippen LogP contribution >= 0.6 is 0 Å². The lowest BCUT2D eigenvalue weighted by atomic mass is 9.51. The van der Waals surface area contributed by atoms with Crippen LogP contribution in [0.3, 0.4) is 0 Å². The molecular formula is C15H28O. The maximum absolute atomic E-state index is 10.3. The van der Waals surface area contributed by atoms with Crippen molar-refractivity contribution in [3.63, 3.8) is 0 Å². The van der Waals surface area contributed by atoms with Crippen molar-refractivity contribution in [3.05, 3.63) is 0 Å². The molecule has 2 aliphatic rings. The van der Waals surface area contributed by atoms with Crippen molar-refractivity contribution in [1.82, 2.24) is 0 Å². The second-order valence-corrected chi connectivity index (χ2v) is 7.37. The lowest BCUT2D eigenvalue weighted by Crippen LogP contribution is -2.47. The number of rotatable bonds is 0. The molecule has 0 aromatic heterocycles. The zero-order valence-corrected chi connectivity index (χ0v) is 11.4. The minimum absolute atomic E-state index is 0.402. The summed E-state index contributed by atoms with van der Waals surface area (Å²) in [5.41, 5.74) is 0.125. The van der Waals surface area contributed by atoms with Crippen LogP contribution in [0.1, 0.15) is 66.2 Å². The molecule has 0 amide bonds. The summed E-state index contributed by atoms with van der Waals surface area (Å²) in [5, 5.41) is 10.3. The van der Waals surface area contributed by atoms with E-state index in [1.165, 1.54) is 25.7 Å². The molecule has 94 valence electrons. The van der Waals surface area contributed by atoms with E-state index < -0.39 is 5.60 Å². The lowest BCUT2D eigenvalue weighted by Gasteiger charge is -2.54.